The van der Waals surface area contributed by atoms with E-state index in [1.54, 1.807) is 6.92 Å². The van der Waals surface area contributed by atoms with E-state index in [0.717, 1.165) is 11.1 Å². The van der Waals surface area contributed by atoms with Crippen molar-refractivity contribution in [1.29, 1.82) is 0 Å². The average Bonchev–Trinajstić information content (AvgIpc) is 3.13. The van der Waals surface area contributed by atoms with Crippen LogP contribution in [0.5, 0.6) is 0 Å². The number of Topliss-reactive ketones (excluding diaryl/α,β-unsaturated/α-hetero) is 2. The number of benzene rings is 1. The molecule has 4 heterocycles. The number of carbonyl (C=O) groups excluding carboxylic acids is 2. The molecule has 2 bridgehead atoms. The molecule has 3 saturated heterocycles. The number of rotatable bonds is 1. The summed E-state index contributed by atoms with van der Waals surface area (Å²) in [5, 5.41) is 0. The molecule has 0 N–H and O–H groups in total. The number of hydrogen-bond donors (Lipinski definition) is 0. The zero-order valence-electron chi connectivity index (χ0n) is 12.7. The highest BCUT2D eigenvalue weighted by molar-refractivity contribution is 5.91. The second-order valence-corrected chi connectivity index (χ2v) is 6.74. The minimum absolute atomic E-state index is 0.0207. The number of fused-ring (bicyclic) bond motifs is 8. The summed E-state index contributed by atoms with van der Waals surface area (Å²) < 4.78 is 11.2. The Balaban J connectivity index is 1.70. The number of nitrogens with zero attached hydrogens (tertiary/aromatic N) is 1. The molecule has 0 aromatic heterocycles. The molecular weight excluding hydrogens is 294 g/mol. The van der Waals surface area contributed by atoms with Gasteiger partial charge in [-0.15, -0.1) is 0 Å². The molecule has 4 aliphatic heterocycles. The van der Waals surface area contributed by atoms with Crippen LogP contribution in [0.1, 0.15) is 24.1 Å². The standard InChI is InChI=1S/C18H17NO4/c1-9(20)15-13-12-8-22-18(23-12)17(21)14(13)16-11-5-3-2-4-10(11)6-7-19(15)16/h2-7,12-16,18H,8H2,1H3/t12-,13-,14-,15+,16-,18-/m0/s1. The second-order valence-electron chi connectivity index (χ2n) is 6.74. The first-order valence-electron chi connectivity index (χ1n) is 8.02. The molecule has 1 aromatic rings. The number of carbonyl (C=O) groups is 2. The maximum atomic E-state index is 12.9. The molecule has 0 aliphatic carbocycles. The Morgan fingerprint density at radius 1 is 1.30 bits per heavy atom. The SMILES string of the molecule is CC(=O)[C@@H]1[C@@H]2[C@H](C(=O)[C@H]3OC[C@@H]2O3)[C@@H]2c3ccccc3C=CN12. The highest BCUT2D eigenvalue weighted by Gasteiger charge is 2.63. The first-order chi connectivity index (χ1) is 11.2. The molecule has 0 spiro atoms. The van der Waals surface area contributed by atoms with Gasteiger partial charge in [0.15, 0.2) is 11.6 Å². The van der Waals surface area contributed by atoms with Crippen molar-refractivity contribution in [3.8, 4) is 0 Å². The molecule has 6 atom stereocenters. The first kappa shape index (κ1) is 13.5. The van der Waals surface area contributed by atoms with Crippen LogP contribution in [0, 0.1) is 11.8 Å². The first-order valence-corrected chi connectivity index (χ1v) is 8.02. The van der Waals surface area contributed by atoms with Gasteiger partial charge in [0.25, 0.3) is 0 Å². The Hall–Kier alpha value is -1.98. The van der Waals surface area contributed by atoms with Crippen molar-refractivity contribution in [3.05, 3.63) is 41.6 Å². The quantitative estimate of drug-likeness (QED) is 0.787. The van der Waals surface area contributed by atoms with Crippen LogP contribution in [0.25, 0.3) is 6.08 Å². The Labute approximate surface area is 133 Å². The molecule has 0 unspecified atom stereocenters. The van der Waals surface area contributed by atoms with Gasteiger partial charge < -0.3 is 14.4 Å². The van der Waals surface area contributed by atoms with E-state index in [1.807, 2.05) is 30.5 Å². The van der Waals surface area contributed by atoms with Crippen molar-refractivity contribution >= 4 is 17.6 Å². The van der Waals surface area contributed by atoms with Gasteiger partial charge in [0, 0.05) is 12.1 Å². The Morgan fingerprint density at radius 3 is 2.96 bits per heavy atom. The van der Waals surface area contributed by atoms with Crippen LogP contribution in [-0.2, 0) is 19.1 Å². The van der Waals surface area contributed by atoms with E-state index in [9.17, 15) is 9.59 Å². The predicted molar refractivity (Wildman–Crippen MR) is 81.1 cm³/mol. The van der Waals surface area contributed by atoms with E-state index in [2.05, 4.69) is 11.0 Å². The summed E-state index contributed by atoms with van der Waals surface area (Å²) in [5.41, 5.74) is 2.23. The van der Waals surface area contributed by atoms with Crippen molar-refractivity contribution in [1.82, 2.24) is 4.90 Å². The van der Waals surface area contributed by atoms with Gasteiger partial charge in [0.2, 0.25) is 6.29 Å². The smallest absolute Gasteiger partial charge is 0.218 e. The molecule has 5 heteroatoms. The lowest BCUT2D eigenvalue weighted by atomic mass is 9.76. The lowest BCUT2D eigenvalue weighted by Crippen LogP contribution is -2.47. The van der Waals surface area contributed by atoms with Crippen molar-refractivity contribution in [2.24, 2.45) is 11.8 Å². The van der Waals surface area contributed by atoms with Gasteiger partial charge in [0.1, 0.15) is 0 Å². The summed E-state index contributed by atoms with van der Waals surface area (Å²) in [6.45, 7) is 2.00. The van der Waals surface area contributed by atoms with E-state index < -0.39 is 6.29 Å². The molecule has 0 radical (unpaired) electrons. The molecule has 3 fully saturated rings. The van der Waals surface area contributed by atoms with Crippen molar-refractivity contribution in [3.63, 3.8) is 0 Å². The Morgan fingerprint density at radius 2 is 2.13 bits per heavy atom. The average molecular weight is 311 g/mol. The molecule has 0 amide bonds. The summed E-state index contributed by atoms with van der Waals surface area (Å²) in [6.07, 6.45) is 3.06. The lowest BCUT2D eigenvalue weighted by Gasteiger charge is -2.34. The zero-order chi connectivity index (χ0) is 15.7. The van der Waals surface area contributed by atoms with E-state index in [1.165, 1.54) is 0 Å². The van der Waals surface area contributed by atoms with Gasteiger partial charge in [0.05, 0.1) is 30.7 Å². The molecule has 1 aromatic carbocycles. The third-order valence-electron chi connectivity index (χ3n) is 5.62. The highest BCUT2D eigenvalue weighted by atomic mass is 16.7. The molecular formula is C18H17NO4. The van der Waals surface area contributed by atoms with Crippen LogP contribution < -0.4 is 0 Å². The van der Waals surface area contributed by atoms with Crippen molar-refractivity contribution < 1.29 is 19.1 Å². The van der Waals surface area contributed by atoms with Crippen LogP contribution in [-0.4, -0.2) is 41.5 Å². The summed E-state index contributed by atoms with van der Waals surface area (Å²) in [5.74, 6) is -0.332. The van der Waals surface area contributed by atoms with Gasteiger partial charge in [-0.05, 0) is 24.1 Å². The Bertz CT molecular complexity index is 742. The molecule has 118 valence electrons. The fraction of sp³-hybridized carbons (Fsp3) is 0.444. The normalized spacial score (nSPS) is 39.9. The maximum absolute atomic E-state index is 12.9. The van der Waals surface area contributed by atoms with Gasteiger partial charge >= 0.3 is 0 Å². The predicted octanol–water partition coefficient (Wildman–Crippen LogP) is 1.54. The van der Waals surface area contributed by atoms with E-state index >= 15 is 0 Å². The number of hydrogen-bond acceptors (Lipinski definition) is 5. The maximum Gasteiger partial charge on any atom is 0.218 e. The molecule has 0 saturated carbocycles. The summed E-state index contributed by atoms with van der Waals surface area (Å²) >= 11 is 0. The lowest BCUT2D eigenvalue weighted by molar-refractivity contribution is -0.165. The molecule has 5 nitrogen and oxygen atoms in total. The van der Waals surface area contributed by atoms with E-state index in [-0.39, 0.29) is 41.6 Å². The fourth-order valence-electron chi connectivity index (χ4n) is 4.79. The molecule has 4 aliphatic rings. The van der Waals surface area contributed by atoms with E-state index in [0.29, 0.717) is 6.61 Å². The summed E-state index contributed by atoms with van der Waals surface area (Å²) in [6, 6.07) is 7.66. The van der Waals surface area contributed by atoms with E-state index in [4.69, 9.17) is 9.47 Å². The summed E-state index contributed by atoms with van der Waals surface area (Å²) in [7, 11) is 0. The third kappa shape index (κ3) is 1.64. The zero-order valence-corrected chi connectivity index (χ0v) is 12.7. The van der Waals surface area contributed by atoms with Crippen molar-refractivity contribution in [2.75, 3.05) is 6.61 Å². The molecule has 5 rings (SSSR count). The highest BCUT2D eigenvalue weighted by Crippen LogP contribution is 2.54. The molecule has 23 heavy (non-hydrogen) atoms. The van der Waals surface area contributed by atoms with Gasteiger partial charge in [-0.3, -0.25) is 9.59 Å². The van der Waals surface area contributed by atoms with Crippen LogP contribution in [0.4, 0.5) is 0 Å². The summed E-state index contributed by atoms with van der Waals surface area (Å²) in [4.78, 5) is 27.3. The second kappa shape index (κ2) is 4.52. The number of ether oxygens (including phenoxy) is 2. The van der Waals surface area contributed by atoms with Crippen LogP contribution in [0.15, 0.2) is 30.5 Å². The monoisotopic (exact) mass is 311 g/mol. The topological polar surface area (TPSA) is 55.8 Å². The van der Waals surface area contributed by atoms with Gasteiger partial charge in [-0.2, -0.15) is 0 Å². The van der Waals surface area contributed by atoms with Gasteiger partial charge in [-0.25, -0.2) is 0 Å². The van der Waals surface area contributed by atoms with Crippen LogP contribution >= 0.6 is 0 Å². The van der Waals surface area contributed by atoms with Crippen molar-refractivity contribution in [2.45, 2.75) is 31.4 Å². The Kier molecular flexibility index (Phi) is 2.65. The van der Waals surface area contributed by atoms with Gasteiger partial charge in [-0.1, -0.05) is 24.3 Å². The fourth-order valence-corrected chi connectivity index (χ4v) is 4.79. The van der Waals surface area contributed by atoms with Crippen LogP contribution in [0.2, 0.25) is 0 Å². The van der Waals surface area contributed by atoms with Crippen LogP contribution in [0.3, 0.4) is 0 Å². The number of ketones is 2. The minimum Gasteiger partial charge on any atom is -0.359 e. The largest absolute Gasteiger partial charge is 0.359 e. The third-order valence-corrected chi connectivity index (χ3v) is 5.62. The minimum atomic E-state index is -0.758.